The van der Waals surface area contributed by atoms with Gasteiger partial charge in [-0.2, -0.15) is 0 Å². The largest absolute Gasteiger partial charge is 0.494 e. The van der Waals surface area contributed by atoms with Gasteiger partial charge in [-0.05, 0) is 69.0 Å². The summed E-state index contributed by atoms with van der Waals surface area (Å²) in [6.45, 7) is 4.92. The Kier molecular flexibility index (Phi) is 6.27. The quantitative estimate of drug-likeness (QED) is 0.780. The summed E-state index contributed by atoms with van der Waals surface area (Å²) in [6.07, 6.45) is 4.75. The maximum absolute atomic E-state index is 12.7. The highest BCUT2D eigenvalue weighted by molar-refractivity contribution is 5.21. The highest BCUT2D eigenvalue weighted by atomic mass is 19.1. The van der Waals surface area contributed by atoms with Crippen LogP contribution in [0.1, 0.15) is 25.7 Å². The molecule has 3 nitrogen and oxygen atoms in total. The summed E-state index contributed by atoms with van der Waals surface area (Å²) >= 11 is 0. The van der Waals surface area contributed by atoms with E-state index in [4.69, 9.17) is 10.5 Å². The fourth-order valence-corrected chi connectivity index (χ4v) is 2.83. The van der Waals surface area contributed by atoms with Crippen LogP contribution in [-0.4, -0.2) is 37.7 Å². The molecule has 0 bridgehead atoms. The van der Waals surface area contributed by atoms with Crippen molar-refractivity contribution in [2.75, 3.05) is 32.8 Å². The van der Waals surface area contributed by atoms with Gasteiger partial charge in [-0.15, -0.1) is 0 Å². The number of piperidine rings is 1. The molecule has 0 aromatic heterocycles. The summed E-state index contributed by atoms with van der Waals surface area (Å²) in [5, 5.41) is 0. The highest BCUT2D eigenvalue weighted by Crippen LogP contribution is 2.19. The van der Waals surface area contributed by atoms with Crippen molar-refractivity contribution in [1.29, 1.82) is 0 Å². The molecule has 1 fully saturated rings. The van der Waals surface area contributed by atoms with Crippen LogP contribution in [0.3, 0.4) is 0 Å². The second kappa shape index (κ2) is 8.22. The lowest BCUT2D eigenvalue weighted by Crippen LogP contribution is -2.37. The second-order valence-electron chi connectivity index (χ2n) is 5.54. The lowest BCUT2D eigenvalue weighted by molar-refractivity contribution is 0.158. The van der Waals surface area contributed by atoms with Gasteiger partial charge >= 0.3 is 0 Å². The van der Waals surface area contributed by atoms with Crippen molar-refractivity contribution < 1.29 is 9.13 Å². The zero-order valence-corrected chi connectivity index (χ0v) is 12.1. The van der Waals surface area contributed by atoms with Crippen molar-refractivity contribution in [1.82, 2.24) is 4.90 Å². The van der Waals surface area contributed by atoms with Gasteiger partial charge in [0.25, 0.3) is 0 Å². The first kappa shape index (κ1) is 15.3. The van der Waals surface area contributed by atoms with E-state index in [0.29, 0.717) is 6.61 Å². The number of hydrogen-bond acceptors (Lipinski definition) is 3. The standard InChI is InChI=1S/C16H25FN2O/c17-15-4-6-16(7-5-15)20-12-2-11-19-10-1-3-14(13-19)8-9-18/h4-7,14H,1-3,8-13,18H2. The van der Waals surface area contributed by atoms with E-state index in [1.807, 2.05) is 0 Å². The molecular weight excluding hydrogens is 255 g/mol. The number of nitrogens with two attached hydrogens (primary N) is 1. The molecule has 1 aromatic rings. The first-order chi connectivity index (χ1) is 9.78. The van der Waals surface area contributed by atoms with Crippen molar-refractivity contribution in [2.45, 2.75) is 25.7 Å². The number of rotatable bonds is 7. The molecule has 1 aromatic carbocycles. The fourth-order valence-electron chi connectivity index (χ4n) is 2.83. The molecule has 20 heavy (non-hydrogen) atoms. The first-order valence-corrected chi connectivity index (χ1v) is 7.58. The Morgan fingerprint density at radius 1 is 1.30 bits per heavy atom. The van der Waals surface area contributed by atoms with Gasteiger partial charge in [0.15, 0.2) is 0 Å². The number of ether oxygens (including phenoxy) is 1. The predicted octanol–water partition coefficient (Wildman–Crippen LogP) is 2.66. The second-order valence-corrected chi connectivity index (χ2v) is 5.54. The van der Waals surface area contributed by atoms with Gasteiger partial charge < -0.3 is 15.4 Å². The lowest BCUT2D eigenvalue weighted by Gasteiger charge is -2.32. The van der Waals surface area contributed by atoms with Crippen LogP contribution >= 0.6 is 0 Å². The Labute approximate surface area is 120 Å². The summed E-state index contributed by atoms with van der Waals surface area (Å²) in [5.74, 6) is 1.29. The third-order valence-corrected chi connectivity index (χ3v) is 3.88. The molecule has 1 aliphatic heterocycles. The summed E-state index contributed by atoms with van der Waals surface area (Å²) in [5.41, 5.74) is 5.64. The Bertz CT molecular complexity index is 381. The minimum Gasteiger partial charge on any atom is -0.494 e. The third-order valence-electron chi connectivity index (χ3n) is 3.88. The number of benzene rings is 1. The Morgan fingerprint density at radius 2 is 2.10 bits per heavy atom. The van der Waals surface area contributed by atoms with Crippen LogP contribution < -0.4 is 10.5 Å². The normalized spacial score (nSPS) is 20.0. The number of hydrogen-bond donors (Lipinski definition) is 1. The van der Waals surface area contributed by atoms with Crippen LogP contribution in [0.25, 0.3) is 0 Å². The monoisotopic (exact) mass is 280 g/mol. The molecule has 2 N–H and O–H groups in total. The summed E-state index contributed by atoms with van der Waals surface area (Å²) in [6, 6.07) is 6.20. The van der Waals surface area contributed by atoms with E-state index < -0.39 is 0 Å². The van der Waals surface area contributed by atoms with E-state index in [1.54, 1.807) is 12.1 Å². The van der Waals surface area contributed by atoms with Crippen LogP contribution in [0.4, 0.5) is 4.39 Å². The average Bonchev–Trinajstić information content (AvgIpc) is 2.46. The van der Waals surface area contributed by atoms with E-state index in [1.165, 1.54) is 38.1 Å². The van der Waals surface area contributed by atoms with Gasteiger partial charge in [0.05, 0.1) is 6.61 Å². The molecule has 1 atom stereocenters. The maximum Gasteiger partial charge on any atom is 0.123 e. The zero-order valence-electron chi connectivity index (χ0n) is 12.1. The number of halogens is 1. The molecule has 0 radical (unpaired) electrons. The van der Waals surface area contributed by atoms with Crippen LogP contribution in [0.15, 0.2) is 24.3 Å². The molecule has 0 aliphatic carbocycles. The molecule has 1 unspecified atom stereocenters. The summed E-state index contributed by atoms with van der Waals surface area (Å²) in [4.78, 5) is 2.51. The van der Waals surface area contributed by atoms with Crippen molar-refractivity contribution >= 4 is 0 Å². The summed E-state index contributed by atoms with van der Waals surface area (Å²) in [7, 11) is 0. The van der Waals surface area contributed by atoms with Gasteiger partial charge in [-0.1, -0.05) is 0 Å². The zero-order chi connectivity index (χ0) is 14.2. The Balaban J connectivity index is 1.62. The molecular formula is C16H25FN2O. The molecule has 0 saturated carbocycles. The molecule has 1 saturated heterocycles. The van der Waals surface area contributed by atoms with Crippen LogP contribution in [-0.2, 0) is 0 Å². The van der Waals surface area contributed by atoms with E-state index >= 15 is 0 Å². The van der Waals surface area contributed by atoms with Gasteiger partial charge in [0.2, 0.25) is 0 Å². The van der Waals surface area contributed by atoms with Crippen molar-refractivity contribution in [2.24, 2.45) is 11.7 Å². The minimum atomic E-state index is -0.225. The Morgan fingerprint density at radius 3 is 2.85 bits per heavy atom. The lowest BCUT2D eigenvalue weighted by atomic mass is 9.95. The SMILES string of the molecule is NCCC1CCCN(CCCOc2ccc(F)cc2)C1. The van der Waals surface area contributed by atoms with E-state index in [2.05, 4.69) is 4.90 Å². The third kappa shape index (κ3) is 5.10. The number of nitrogens with zero attached hydrogens (tertiary/aromatic N) is 1. The van der Waals surface area contributed by atoms with E-state index in [9.17, 15) is 4.39 Å². The van der Waals surface area contributed by atoms with Gasteiger partial charge in [0.1, 0.15) is 11.6 Å². The molecule has 2 rings (SSSR count). The smallest absolute Gasteiger partial charge is 0.123 e. The minimum absolute atomic E-state index is 0.225. The van der Waals surface area contributed by atoms with Crippen LogP contribution in [0.2, 0.25) is 0 Å². The molecule has 0 spiro atoms. The topological polar surface area (TPSA) is 38.5 Å². The van der Waals surface area contributed by atoms with E-state index in [-0.39, 0.29) is 5.82 Å². The number of likely N-dealkylation sites (tertiary alicyclic amines) is 1. The van der Waals surface area contributed by atoms with Gasteiger partial charge in [-0.25, -0.2) is 4.39 Å². The average molecular weight is 280 g/mol. The predicted molar refractivity (Wildman–Crippen MR) is 79.3 cm³/mol. The highest BCUT2D eigenvalue weighted by Gasteiger charge is 2.18. The maximum atomic E-state index is 12.7. The molecule has 4 heteroatoms. The first-order valence-electron chi connectivity index (χ1n) is 7.58. The molecule has 0 amide bonds. The fraction of sp³-hybridized carbons (Fsp3) is 0.625. The summed E-state index contributed by atoms with van der Waals surface area (Å²) < 4.78 is 18.4. The Hall–Kier alpha value is -1.13. The molecule has 112 valence electrons. The van der Waals surface area contributed by atoms with E-state index in [0.717, 1.165) is 37.6 Å². The molecule has 1 heterocycles. The van der Waals surface area contributed by atoms with Crippen LogP contribution in [0, 0.1) is 11.7 Å². The van der Waals surface area contributed by atoms with Crippen LogP contribution in [0.5, 0.6) is 5.75 Å². The molecule has 1 aliphatic rings. The van der Waals surface area contributed by atoms with Gasteiger partial charge in [0, 0.05) is 13.1 Å². The van der Waals surface area contributed by atoms with Crippen molar-refractivity contribution in [3.63, 3.8) is 0 Å². The van der Waals surface area contributed by atoms with Crippen molar-refractivity contribution in [3.05, 3.63) is 30.1 Å². The van der Waals surface area contributed by atoms with Gasteiger partial charge in [-0.3, -0.25) is 0 Å². The van der Waals surface area contributed by atoms with Crippen molar-refractivity contribution in [3.8, 4) is 5.75 Å².